The molecular formula is C10H12Cl2N2O4S. The fourth-order valence-corrected chi connectivity index (χ4v) is 2.88. The first-order valence-electron chi connectivity index (χ1n) is 5.36. The van der Waals surface area contributed by atoms with Gasteiger partial charge in [-0.25, -0.2) is 8.42 Å². The average Bonchev–Trinajstić information content (AvgIpc) is 2.31. The predicted molar refractivity (Wildman–Crippen MR) is 75.5 cm³/mol. The third-order valence-corrected chi connectivity index (χ3v) is 4.17. The Kier molecular flexibility index (Phi) is 5.84. The van der Waals surface area contributed by atoms with Crippen LogP contribution in [0.1, 0.15) is 12.8 Å². The maximum atomic E-state index is 11.7. The highest BCUT2D eigenvalue weighted by molar-refractivity contribution is 7.92. The Morgan fingerprint density at radius 1 is 1.32 bits per heavy atom. The first-order valence-corrected chi connectivity index (χ1v) is 7.92. The number of nitro groups is 1. The number of anilines is 1. The summed E-state index contributed by atoms with van der Waals surface area (Å²) in [4.78, 5) is 10.0. The summed E-state index contributed by atoms with van der Waals surface area (Å²) in [6.45, 7) is 0. The number of nitrogens with zero attached hydrogens (tertiary/aromatic N) is 1. The lowest BCUT2D eigenvalue weighted by molar-refractivity contribution is -0.384. The molecular weight excluding hydrogens is 315 g/mol. The highest BCUT2D eigenvalue weighted by Crippen LogP contribution is 2.27. The second-order valence-corrected chi connectivity index (χ2v) is 6.37. The van der Waals surface area contributed by atoms with Crippen molar-refractivity contribution in [1.29, 1.82) is 0 Å². The molecule has 1 rings (SSSR count). The number of nitro benzene ring substituents is 1. The van der Waals surface area contributed by atoms with Crippen LogP contribution in [0.25, 0.3) is 0 Å². The van der Waals surface area contributed by atoms with Gasteiger partial charge in [0.25, 0.3) is 5.69 Å². The number of halogens is 2. The van der Waals surface area contributed by atoms with Gasteiger partial charge in [0, 0.05) is 11.9 Å². The molecule has 0 atom stereocenters. The van der Waals surface area contributed by atoms with Gasteiger partial charge in [0.05, 0.1) is 16.4 Å². The Morgan fingerprint density at radius 3 is 2.58 bits per heavy atom. The largest absolute Gasteiger partial charge is 0.289 e. The molecule has 0 aliphatic heterocycles. The van der Waals surface area contributed by atoms with Gasteiger partial charge >= 0.3 is 0 Å². The zero-order valence-corrected chi connectivity index (χ0v) is 12.1. The van der Waals surface area contributed by atoms with Gasteiger partial charge in [-0.3, -0.25) is 14.8 Å². The van der Waals surface area contributed by atoms with Crippen LogP contribution in [0.15, 0.2) is 18.2 Å². The molecule has 106 valence electrons. The normalized spacial score (nSPS) is 11.3. The Bertz CT molecular complexity index is 563. The summed E-state index contributed by atoms with van der Waals surface area (Å²) >= 11 is 11.1. The summed E-state index contributed by atoms with van der Waals surface area (Å²) in [6, 6.07) is 3.73. The van der Waals surface area contributed by atoms with Crippen molar-refractivity contribution in [3.05, 3.63) is 33.3 Å². The molecule has 6 nitrogen and oxygen atoms in total. The minimum atomic E-state index is -3.54. The van der Waals surface area contributed by atoms with Crippen molar-refractivity contribution >= 4 is 44.6 Å². The molecule has 0 aliphatic carbocycles. The molecule has 0 fully saturated rings. The van der Waals surface area contributed by atoms with Crippen molar-refractivity contribution in [2.24, 2.45) is 0 Å². The van der Waals surface area contributed by atoms with Crippen LogP contribution in [0.4, 0.5) is 11.4 Å². The number of benzene rings is 1. The van der Waals surface area contributed by atoms with Gasteiger partial charge in [0.2, 0.25) is 10.0 Å². The van der Waals surface area contributed by atoms with E-state index >= 15 is 0 Å². The summed E-state index contributed by atoms with van der Waals surface area (Å²) < 4.78 is 25.6. The fraction of sp³-hybridized carbons (Fsp3) is 0.400. The van der Waals surface area contributed by atoms with Gasteiger partial charge in [-0.05, 0) is 25.0 Å². The minimum Gasteiger partial charge on any atom is -0.283 e. The number of alkyl halides is 1. The molecule has 0 aliphatic rings. The number of hydrogen-bond donors (Lipinski definition) is 1. The lowest BCUT2D eigenvalue weighted by Crippen LogP contribution is -2.16. The van der Waals surface area contributed by atoms with Crippen molar-refractivity contribution in [3.63, 3.8) is 0 Å². The van der Waals surface area contributed by atoms with E-state index in [0.29, 0.717) is 18.7 Å². The van der Waals surface area contributed by atoms with Gasteiger partial charge in [-0.2, -0.15) is 0 Å². The van der Waals surface area contributed by atoms with E-state index in [1.165, 1.54) is 12.1 Å². The van der Waals surface area contributed by atoms with Gasteiger partial charge in [-0.15, -0.1) is 11.6 Å². The predicted octanol–water partition coefficient (Wildman–Crippen LogP) is 3.01. The van der Waals surface area contributed by atoms with Crippen LogP contribution in [0, 0.1) is 10.1 Å². The minimum absolute atomic E-state index is 0.0462. The third kappa shape index (κ3) is 5.22. The zero-order valence-electron chi connectivity index (χ0n) is 9.80. The molecule has 0 amide bonds. The zero-order chi connectivity index (χ0) is 14.5. The van der Waals surface area contributed by atoms with Crippen molar-refractivity contribution < 1.29 is 13.3 Å². The summed E-state index contributed by atoms with van der Waals surface area (Å²) in [5.41, 5.74) is -0.232. The molecule has 0 saturated heterocycles. The quantitative estimate of drug-likeness (QED) is 0.361. The lowest BCUT2D eigenvalue weighted by atomic mass is 10.3. The van der Waals surface area contributed by atoms with Crippen LogP contribution in [-0.4, -0.2) is 25.0 Å². The smallest absolute Gasteiger partial charge is 0.283 e. The molecule has 0 aromatic heterocycles. The summed E-state index contributed by atoms with van der Waals surface area (Å²) in [6.07, 6.45) is 1.01. The number of rotatable bonds is 7. The molecule has 1 aromatic carbocycles. The molecule has 1 N–H and O–H groups in total. The highest BCUT2D eigenvalue weighted by atomic mass is 35.5. The van der Waals surface area contributed by atoms with Gasteiger partial charge in [0.15, 0.2) is 0 Å². The highest BCUT2D eigenvalue weighted by Gasteiger charge is 2.16. The van der Waals surface area contributed by atoms with E-state index in [9.17, 15) is 18.5 Å². The number of unbranched alkanes of at least 4 members (excludes halogenated alkanes) is 1. The lowest BCUT2D eigenvalue weighted by Gasteiger charge is -2.07. The molecule has 0 unspecified atom stereocenters. The summed E-state index contributed by atoms with van der Waals surface area (Å²) in [7, 11) is -3.54. The molecule has 0 saturated carbocycles. The second kappa shape index (κ2) is 6.93. The fourth-order valence-electron chi connectivity index (χ4n) is 1.33. The standard InChI is InChI=1S/C10H12Cl2N2O4S/c11-5-1-2-6-19(17,18)13-8-3-4-9(12)10(7-8)14(15)16/h3-4,7,13H,1-2,5-6H2. The molecule has 1 aromatic rings. The first kappa shape index (κ1) is 16.0. The van der Waals surface area contributed by atoms with Crippen molar-refractivity contribution in [2.45, 2.75) is 12.8 Å². The van der Waals surface area contributed by atoms with Gasteiger partial charge < -0.3 is 0 Å². The Hall–Kier alpha value is -1.05. The van der Waals surface area contributed by atoms with Crippen molar-refractivity contribution in [3.8, 4) is 0 Å². The van der Waals surface area contributed by atoms with Crippen LogP contribution in [0.3, 0.4) is 0 Å². The van der Waals surface area contributed by atoms with E-state index in [1.807, 2.05) is 0 Å². The maximum Gasteiger partial charge on any atom is 0.289 e. The van der Waals surface area contributed by atoms with E-state index in [4.69, 9.17) is 23.2 Å². The Balaban J connectivity index is 2.82. The summed E-state index contributed by atoms with van der Waals surface area (Å²) in [5.74, 6) is 0.304. The van der Waals surface area contributed by atoms with Crippen LogP contribution in [0.2, 0.25) is 5.02 Å². The SMILES string of the molecule is O=[N+]([O-])c1cc(NS(=O)(=O)CCCCCl)ccc1Cl. The van der Waals surface area contributed by atoms with E-state index in [1.54, 1.807) is 0 Å². The number of sulfonamides is 1. The molecule has 9 heteroatoms. The van der Waals surface area contributed by atoms with Crippen LogP contribution in [-0.2, 0) is 10.0 Å². The number of hydrogen-bond acceptors (Lipinski definition) is 4. The van der Waals surface area contributed by atoms with Crippen molar-refractivity contribution in [2.75, 3.05) is 16.4 Å². The molecule has 0 bridgehead atoms. The van der Waals surface area contributed by atoms with Crippen LogP contribution in [0.5, 0.6) is 0 Å². The molecule has 0 radical (unpaired) electrons. The topological polar surface area (TPSA) is 89.3 Å². The first-order chi connectivity index (χ1) is 8.85. The van der Waals surface area contributed by atoms with Crippen molar-refractivity contribution in [1.82, 2.24) is 0 Å². The van der Waals surface area contributed by atoms with E-state index < -0.39 is 14.9 Å². The Morgan fingerprint density at radius 2 is 2.00 bits per heavy atom. The Labute approximate surface area is 120 Å². The summed E-state index contributed by atoms with van der Waals surface area (Å²) in [5, 5.41) is 10.6. The monoisotopic (exact) mass is 326 g/mol. The van der Waals surface area contributed by atoms with Crippen LogP contribution < -0.4 is 4.72 Å². The van der Waals surface area contributed by atoms with E-state index in [2.05, 4.69) is 4.72 Å². The maximum absolute atomic E-state index is 11.7. The van der Waals surface area contributed by atoms with Gasteiger partial charge in [0.1, 0.15) is 5.02 Å². The van der Waals surface area contributed by atoms with Gasteiger partial charge in [-0.1, -0.05) is 11.6 Å². The second-order valence-electron chi connectivity index (χ2n) is 3.74. The molecule has 0 heterocycles. The third-order valence-electron chi connectivity index (χ3n) is 2.21. The van der Waals surface area contributed by atoms with E-state index in [0.717, 1.165) is 6.07 Å². The number of nitrogens with one attached hydrogen (secondary N) is 1. The molecule has 0 spiro atoms. The van der Waals surface area contributed by atoms with E-state index in [-0.39, 0.29) is 22.2 Å². The molecule has 19 heavy (non-hydrogen) atoms. The van der Waals surface area contributed by atoms with Crippen LogP contribution >= 0.6 is 23.2 Å². The average molecular weight is 327 g/mol.